The molecule has 2 rings (SSSR count). The highest BCUT2D eigenvalue weighted by Gasteiger charge is 2.19. The normalized spacial score (nSPS) is 23.0. The molecule has 1 heterocycles. The van der Waals surface area contributed by atoms with Gasteiger partial charge >= 0.3 is 0 Å². The molecule has 1 atom stereocenters. The van der Waals surface area contributed by atoms with Gasteiger partial charge in [-0.1, -0.05) is 30.7 Å². The van der Waals surface area contributed by atoms with Gasteiger partial charge in [-0.3, -0.25) is 0 Å². The van der Waals surface area contributed by atoms with Crippen molar-refractivity contribution in [3.05, 3.63) is 29.8 Å². The summed E-state index contributed by atoms with van der Waals surface area (Å²) in [4.78, 5) is 0. The highest BCUT2D eigenvalue weighted by molar-refractivity contribution is 6.68. The lowest BCUT2D eigenvalue weighted by Gasteiger charge is -2.22. The Morgan fingerprint density at radius 2 is 2.08 bits per heavy atom. The van der Waals surface area contributed by atoms with E-state index in [4.69, 9.17) is 4.43 Å². The van der Waals surface area contributed by atoms with E-state index in [1.807, 2.05) is 0 Å². The number of hydrogen-bond donors (Lipinski definition) is 0. The molecule has 0 aromatic heterocycles. The van der Waals surface area contributed by atoms with E-state index < -0.39 is 9.04 Å². The lowest BCUT2D eigenvalue weighted by molar-refractivity contribution is 0.294. The summed E-state index contributed by atoms with van der Waals surface area (Å²) in [5.41, 5.74) is 1.42. The third-order valence-electron chi connectivity index (χ3n) is 2.72. The van der Waals surface area contributed by atoms with E-state index in [1.54, 1.807) is 0 Å². The van der Waals surface area contributed by atoms with E-state index in [1.165, 1.54) is 29.6 Å². The highest BCUT2D eigenvalue weighted by atomic mass is 28.3. The number of aryl methyl sites for hydroxylation is 1. The van der Waals surface area contributed by atoms with E-state index >= 15 is 0 Å². The van der Waals surface area contributed by atoms with E-state index in [-0.39, 0.29) is 0 Å². The van der Waals surface area contributed by atoms with Crippen LogP contribution >= 0.6 is 0 Å². The Morgan fingerprint density at radius 1 is 1.23 bits per heavy atom. The third kappa shape index (κ3) is 2.01. The molecule has 0 aliphatic carbocycles. The van der Waals surface area contributed by atoms with Crippen molar-refractivity contribution >= 4 is 14.2 Å². The van der Waals surface area contributed by atoms with Gasteiger partial charge < -0.3 is 4.43 Å². The van der Waals surface area contributed by atoms with Gasteiger partial charge in [0.15, 0.2) is 0 Å². The van der Waals surface area contributed by atoms with Crippen LogP contribution in [0.5, 0.6) is 0 Å². The fraction of sp³-hybridized carbons (Fsp3) is 0.455. The molecule has 2 heteroatoms. The molecule has 1 nitrogen and oxygen atoms in total. The van der Waals surface area contributed by atoms with Crippen LogP contribution in [-0.2, 0) is 4.43 Å². The summed E-state index contributed by atoms with van der Waals surface area (Å²) in [6.07, 6.45) is 2.63. The SMILES string of the molecule is Cc1ccccc1[SiH]1CCCCO1. The standard InChI is InChI=1S/C11H16OSi/c1-10-6-2-3-7-11(10)13-9-5-4-8-12-13/h2-3,6-7,13H,4-5,8-9H2,1H3. The Bertz CT molecular complexity index is 279. The van der Waals surface area contributed by atoms with E-state index in [0.717, 1.165) is 6.61 Å². The molecule has 1 saturated heterocycles. The van der Waals surface area contributed by atoms with Gasteiger partial charge in [-0.25, -0.2) is 0 Å². The molecule has 0 N–H and O–H groups in total. The van der Waals surface area contributed by atoms with Crippen LogP contribution in [0, 0.1) is 6.92 Å². The zero-order valence-corrected chi connectivity index (χ0v) is 9.28. The predicted octanol–water partition coefficient (Wildman–Crippen LogP) is 1.74. The molecule has 70 valence electrons. The molecule has 0 bridgehead atoms. The molecule has 13 heavy (non-hydrogen) atoms. The summed E-state index contributed by atoms with van der Waals surface area (Å²) >= 11 is 0. The molecule has 0 radical (unpaired) electrons. The lowest BCUT2D eigenvalue weighted by atomic mass is 10.2. The van der Waals surface area contributed by atoms with Crippen LogP contribution < -0.4 is 5.19 Å². The van der Waals surface area contributed by atoms with Gasteiger partial charge in [0.25, 0.3) is 0 Å². The van der Waals surface area contributed by atoms with Gasteiger partial charge in [0.1, 0.15) is 0 Å². The number of rotatable bonds is 1. The molecule has 0 spiro atoms. The van der Waals surface area contributed by atoms with Gasteiger partial charge in [0, 0.05) is 6.61 Å². The Kier molecular flexibility index (Phi) is 2.81. The smallest absolute Gasteiger partial charge is 0.208 e. The van der Waals surface area contributed by atoms with Gasteiger partial charge in [-0.05, 0) is 30.1 Å². The second-order valence-corrected chi connectivity index (χ2v) is 6.22. The summed E-state index contributed by atoms with van der Waals surface area (Å²) in [5, 5.41) is 1.52. The minimum Gasteiger partial charge on any atom is -0.415 e. The summed E-state index contributed by atoms with van der Waals surface area (Å²) in [5.74, 6) is 0. The quantitative estimate of drug-likeness (QED) is 0.616. The first-order chi connectivity index (χ1) is 6.38. The highest BCUT2D eigenvalue weighted by Crippen LogP contribution is 2.12. The maximum Gasteiger partial charge on any atom is 0.208 e. The Balaban J connectivity index is 2.18. The average molecular weight is 192 g/mol. The third-order valence-corrected chi connectivity index (χ3v) is 5.63. The predicted molar refractivity (Wildman–Crippen MR) is 58.0 cm³/mol. The van der Waals surface area contributed by atoms with Crippen molar-refractivity contribution in [1.29, 1.82) is 0 Å². The summed E-state index contributed by atoms with van der Waals surface area (Å²) in [6, 6.07) is 10.0. The molecule has 1 fully saturated rings. The fourth-order valence-electron chi connectivity index (χ4n) is 1.93. The maximum atomic E-state index is 5.88. The minimum absolute atomic E-state index is 0.991. The molecule has 1 unspecified atom stereocenters. The molecule has 0 saturated carbocycles. The van der Waals surface area contributed by atoms with Gasteiger partial charge in [0.05, 0.1) is 0 Å². The van der Waals surface area contributed by atoms with Gasteiger partial charge in [-0.2, -0.15) is 0 Å². The van der Waals surface area contributed by atoms with Crippen molar-refractivity contribution in [2.45, 2.75) is 25.8 Å². The number of hydrogen-bond acceptors (Lipinski definition) is 1. The average Bonchev–Trinajstić information content (AvgIpc) is 2.20. The van der Waals surface area contributed by atoms with Crippen LogP contribution in [0.25, 0.3) is 0 Å². The molecular formula is C11H16OSi. The molecular weight excluding hydrogens is 176 g/mol. The second kappa shape index (κ2) is 4.07. The Morgan fingerprint density at radius 3 is 2.77 bits per heavy atom. The first-order valence-electron chi connectivity index (χ1n) is 5.05. The van der Waals surface area contributed by atoms with E-state index in [2.05, 4.69) is 31.2 Å². The van der Waals surface area contributed by atoms with Crippen LogP contribution in [0.15, 0.2) is 24.3 Å². The Labute approximate surface area is 81.5 Å². The van der Waals surface area contributed by atoms with Gasteiger partial charge in [0.2, 0.25) is 9.04 Å². The molecule has 1 aromatic rings. The zero-order chi connectivity index (χ0) is 9.10. The first-order valence-corrected chi connectivity index (χ1v) is 6.91. The molecule has 1 aliphatic heterocycles. The van der Waals surface area contributed by atoms with E-state index in [0.29, 0.717) is 0 Å². The van der Waals surface area contributed by atoms with Crippen molar-refractivity contribution < 1.29 is 4.43 Å². The second-order valence-electron chi connectivity index (χ2n) is 3.71. The molecule has 0 amide bonds. The van der Waals surface area contributed by atoms with Crippen LogP contribution in [0.4, 0.5) is 0 Å². The van der Waals surface area contributed by atoms with E-state index in [9.17, 15) is 0 Å². The van der Waals surface area contributed by atoms with Crippen molar-refractivity contribution in [1.82, 2.24) is 0 Å². The Hall–Kier alpha value is -0.603. The minimum atomic E-state index is -1.02. The maximum absolute atomic E-state index is 5.88. The summed E-state index contributed by atoms with van der Waals surface area (Å²) in [7, 11) is -1.02. The number of benzene rings is 1. The topological polar surface area (TPSA) is 9.23 Å². The van der Waals surface area contributed by atoms with Crippen molar-refractivity contribution in [2.24, 2.45) is 0 Å². The summed E-state index contributed by atoms with van der Waals surface area (Å²) < 4.78 is 5.88. The largest absolute Gasteiger partial charge is 0.415 e. The van der Waals surface area contributed by atoms with Crippen molar-refractivity contribution in [2.75, 3.05) is 6.61 Å². The molecule has 1 aliphatic rings. The van der Waals surface area contributed by atoms with Crippen LogP contribution in [0.2, 0.25) is 6.04 Å². The van der Waals surface area contributed by atoms with Crippen LogP contribution in [0.1, 0.15) is 18.4 Å². The summed E-state index contributed by atoms with van der Waals surface area (Å²) in [6.45, 7) is 3.19. The van der Waals surface area contributed by atoms with Crippen LogP contribution in [-0.4, -0.2) is 15.6 Å². The monoisotopic (exact) mass is 192 g/mol. The first kappa shape index (κ1) is 8.97. The molecule has 1 aromatic carbocycles. The zero-order valence-electron chi connectivity index (χ0n) is 8.12. The fourth-order valence-corrected chi connectivity index (χ4v) is 4.63. The van der Waals surface area contributed by atoms with Crippen LogP contribution in [0.3, 0.4) is 0 Å². The van der Waals surface area contributed by atoms with Crippen molar-refractivity contribution in [3.8, 4) is 0 Å². The van der Waals surface area contributed by atoms with Crippen molar-refractivity contribution in [3.63, 3.8) is 0 Å². The van der Waals surface area contributed by atoms with Gasteiger partial charge in [-0.15, -0.1) is 0 Å². The lowest BCUT2D eigenvalue weighted by Crippen LogP contribution is -2.37.